The number of thioether (sulfide) groups is 1. The first-order valence-electron chi connectivity index (χ1n) is 20.4. The zero-order valence-corrected chi connectivity index (χ0v) is 38.9. The van der Waals surface area contributed by atoms with Crippen LogP contribution in [0.4, 0.5) is 13.2 Å². The van der Waals surface area contributed by atoms with E-state index in [1.807, 2.05) is 54.6 Å². The van der Waals surface area contributed by atoms with E-state index in [2.05, 4.69) is 66.7 Å². The number of nitrogens with two attached hydrogens (primary N) is 2. The monoisotopic (exact) mass is 1020 g/mol. The lowest BCUT2D eigenvalue weighted by atomic mass is 10.1. The maximum absolute atomic E-state index is 13.6. The topological polar surface area (TPSA) is 254 Å². The molecule has 0 aliphatic carbocycles. The maximum Gasteiger partial charge on any atom is 0.269 e. The fourth-order valence-corrected chi connectivity index (χ4v) is 6.43. The van der Waals surface area contributed by atoms with Crippen LogP contribution in [0.1, 0.15) is 44.7 Å². The van der Waals surface area contributed by atoms with Gasteiger partial charge < -0.3 is 11.5 Å². The lowest BCUT2D eigenvalue weighted by Crippen LogP contribution is -2.12. The molecule has 4 N–H and O–H groups in total. The number of halogens is 4. The summed E-state index contributed by atoms with van der Waals surface area (Å²) in [4.78, 5) is 19.3. The Morgan fingerprint density at radius 3 is 1.73 bits per heavy atom. The summed E-state index contributed by atoms with van der Waals surface area (Å²) >= 11 is 4.22. The number of hydrogen-bond donors (Lipinski definition) is 2. The molecule has 0 radical (unpaired) electrons. The summed E-state index contributed by atoms with van der Waals surface area (Å²) in [5.41, 5.74) is 14.5. The van der Waals surface area contributed by atoms with Crippen molar-refractivity contribution in [1.29, 1.82) is 10.5 Å². The highest BCUT2D eigenvalue weighted by atomic mass is 79.9. The van der Waals surface area contributed by atoms with E-state index in [1.54, 1.807) is 99.9 Å². The van der Waals surface area contributed by atoms with E-state index in [4.69, 9.17) is 22.0 Å². The average Bonchev–Trinajstić information content (AvgIpc) is 3.97. The first-order valence-corrected chi connectivity index (χ1v) is 22.0. The third kappa shape index (κ3) is 16.5. The summed E-state index contributed by atoms with van der Waals surface area (Å²) < 4.78 is 43.9. The van der Waals surface area contributed by atoms with Gasteiger partial charge in [-0.15, -0.1) is 10.2 Å². The fourth-order valence-electron chi connectivity index (χ4n) is 5.52. The first-order chi connectivity index (χ1) is 34.1. The standard InChI is InChI=1S/C13H9BrFN3.C13H10FN3.C7H4FNS.C5H5N3O.C5H7N3.C5H3N3/c14-13-11-6-3-7-16-18(11)12(17-13)8-9-4-1-2-5-10(9)15;14-12-6-2-1-4-10(12)8-13-15-9-11-5-3-7-16-17(11)13;8-6-3-1-2-4-7(6)10-5-9;6-5(9)4-2-1-3-7-8-4;2*6-4-5-2-1-3-7-8-5/h1-7H,8H2;1-7,9H,8H2;1-4H;1-3H,(H2,6,9);1-3H,4,6H2;1-3H. The van der Waals surface area contributed by atoms with Crippen molar-refractivity contribution in [3.8, 4) is 11.5 Å². The third-order valence-electron chi connectivity index (χ3n) is 8.76. The van der Waals surface area contributed by atoms with Crippen molar-refractivity contribution >= 4 is 44.6 Å². The van der Waals surface area contributed by atoms with E-state index >= 15 is 0 Å². The minimum atomic E-state index is -0.553. The van der Waals surface area contributed by atoms with Crippen LogP contribution in [0, 0.1) is 39.4 Å². The molecular weight excluding hydrogens is 986 g/mol. The summed E-state index contributed by atoms with van der Waals surface area (Å²) in [5, 5.41) is 47.8. The van der Waals surface area contributed by atoms with E-state index in [1.165, 1.54) is 36.7 Å². The van der Waals surface area contributed by atoms with E-state index < -0.39 is 5.91 Å². The van der Waals surface area contributed by atoms with Gasteiger partial charge >= 0.3 is 0 Å². The van der Waals surface area contributed by atoms with Crippen LogP contribution < -0.4 is 11.5 Å². The summed E-state index contributed by atoms with van der Waals surface area (Å²) in [6.45, 7) is 0.466. The van der Waals surface area contributed by atoms with Gasteiger partial charge in [-0.25, -0.2) is 32.2 Å². The van der Waals surface area contributed by atoms with E-state index in [0.29, 0.717) is 46.9 Å². The number of amides is 1. The van der Waals surface area contributed by atoms with Gasteiger partial charge in [0.25, 0.3) is 5.91 Å². The van der Waals surface area contributed by atoms with Crippen LogP contribution in [-0.4, -0.2) is 65.7 Å². The second-order valence-corrected chi connectivity index (χ2v) is 15.0. The predicted molar refractivity (Wildman–Crippen MR) is 257 cm³/mol. The molecule has 17 nitrogen and oxygen atoms in total. The Morgan fingerprint density at radius 1 is 0.643 bits per heavy atom. The third-order valence-corrected chi connectivity index (χ3v) is 9.98. The number of thiocyanates is 1. The SMILES string of the molecule is Fc1ccccc1Cc1nc(Br)c2cccnn12.Fc1ccccc1Cc1ncc2cccnn12.N#CSc1ccccc1F.N#Cc1cccnn1.NC(=O)c1cccnn1.NCc1cccnn1. The number of fused-ring (bicyclic) bond motifs is 2. The molecule has 70 heavy (non-hydrogen) atoms. The highest BCUT2D eigenvalue weighted by Gasteiger charge is 2.12. The quantitative estimate of drug-likeness (QED) is 0.113. The van der Waals surface area contributed by atoms with Gasteiger partial charge in [0.2, 0.25) is 0 Å². The number of nitrogens with zero attached hydrogens (tertiary/aromatic N) is 14. The highest BCUT2D eigenvalue weighted by Crippen LogP contribution is 2.21. The molecule has 10 aromatic rings. The van der Waals surface area contributed by atoms with Crippen molar-refractivity contribution in [2.45, 2.75) is 24.3 Å². The molecule has 0 unspecified atom stereocenters. The molecular formula is C48H38BrF3N16OS. The van der Waals surface area contributed by atoms with Crippen LogP contribution in [-0.2, 0) is 19.4 Å². The summed E-state index contributed by atoms with van der Waals surface area (Å²) in [7, 11) is 0. The zero-order chi connectivity index (χ0) is 49.9. The molecule has 1 amide bonds. The molecule has 0 aliphatic heterocycles. The van der Waals surface area contributed by atoms with Crippen molar-refractivity contribution in [3.63, 3.8) is 0 Å². The largest absolute Gasteiger partial charge is 0.364 e. The van der Waals surface area contributed by atoms with E-state index in [-0.39, 0.29) is 23.1 Å². The van der Waals surface area contributed by atoms with Crippen molar-refractivity contribution in [3.05, 3.63) is 233 Å². The van der Waals surface area contributed by atoms with Crippen LogP contribution in [0.15, 0.2) is 180 Å². The minimum Gasteiger partial charge on any atom is -0.364 e. The Bertz CT molecular complexity index is 3270. The number of benzene rings is 3. The smallest absolute Gasteiger partial charge is 0.269 e. The Morgan fingerprint density at radius 2 is 1.21 bits per heavy atom. The molecule has 350 valence electrons. The Kier molecular flexibility index (Phi) is 21.1. The van der Waals surface area contributed by atoms with Crippen molar-refractivity contribution < 1.29 is 18.0 Å². The molecule has 0 bridgehead atoms. The van der Waals surface area contributed by atoms with Gasteiger partial charge in [-0.2, -0.15) is 41.1 Å². The average molecular weight is 1020 g/mol. The van der Waals surface area contributed by atoms with Crippen LogP contribution in [0.2, 0.25) is 0 Å². The van der Waals surface area contributed by atoms with Gasteiger partial charge in [0.05, 0.1) is 27.8 Å². The van der Waals surface area contributed by atoms with Crippen LogP contribution in [0.5, 0.6) is 0 Å². The second kappa shape index (κ2) is 28.4. The number of carbonyl (C=O) groups is 1. The van der Waals surface area contributed by atoms with Gasteiger partial charge in [0.1, 0.15) is 45.2 Å². The zero-order valence-electron chi connectivity index (χ0n) is 36.5. The van der Waals surface area contributed by atoms with Crippen LogP contribution in [0.3, 0.4) is 0 Å². The Hall–Kier alpha value is -8.83. The van der Waals surface area contributed by atoms with E-state index in [9.17, 15) is 18.0 Å². The molecule has 10 rings (SSSR count). The summed E-state index contributed by atoms with van der Waals surface area (Å²) in [6, 6.07) is 39.0. The molecule has 0 fully saturated rings. The molecule has 0 spiro atoms. The molecule has 0 saturated carbocycles. The number of carbonyl (C=O) groups excluding carboxylic acids is 1. The molecule has 0 aliphatic rings. The maximum atomic E-state index is 13.6. The fraction of sp³-hybridized carbons (Fsp3) is 0.0625. The van der Waals surface area contributed by atoms with Gasteiger partial charge in [-0.1, -0.05) is 48.5 Å². The molecule has 22 heteroatoms. The number of nitriles is 2. The molecule has 7 aromatic heterocycles. The highest BCUT2D eigenvalue weighted by molar-refractivity contribution is 9.10. The van der Waals surface area contributed by atoms with Crippen LogP contribution in [0.25, 0.3) is 11.0 Å². The number of primary amides is 1. The number of rotatable bonds is 7. The van der Waals surface area contributed by atoms with E-state index in [0.717, 1.165) is 38.9 Å². The van der Waals surface area contributed by atoms with Crippen molar-refractivity contribution in [2.24, 2.45) is 11.5 Å². The summed E-state index contributed by atoms with van der Waals surface area (Å²) in [6.07, 6.45) is 10.6. The van der Waals surface area contributed by atoms with Gasteiger partial charge in [-0.3, -0.25) is 4.79 Å². The Labute approximate surface area is 410 Å². The van der Waals surface area contributed by atoms with Gasteiger partial charge in [-0.05, 0) is 124 Å². The normalized spacial score (nSPS) is 9.81. The number of aromatic nitrogens is 12. The first kappa shape index (κ1) is 52.1. The second-order valence-electron chi connectivity index (χ2n) is 13.4. The van der Waals surface area contributed by atoms with Crippen molar-refractivity contribution in [2.75, 3.05) is 0 Å². The predicted octanol–water partition coefficient (Wildman–Crippen LogP) is 7.94. The lowest BCUT2D eigenvalue weighted by molar-refractivity contribution is 0.0994. The van der Waals surface area contributed by atoms with Crippen molar-refractivity contribution in [1.82, 2.24) is 59.8 Å². The van der Waals surface area contributed by atoms with Gasteiger partial charge in [0.15, 0.2) is 11.4 Å². The summed E-state index contributed by atoms with van der Waals surface area (Å²) in [5.74, 6) is 0.131. The molecule has 0 atom stereocenters. The van der Waals surface area contributed by atoms with Gasteiger partial charge in [0, 0.05) is 50.4 Å². The number of hydrogen-bond acceptors (Lipinski definition) is 15. The Balaban J connectivity index is 0.000000162. The molecule has 3 aromatic carbocycles. The minimum absolute atomic E-state index is 0.192. The number of imidazole rings is 2. The lowest BCUT2D eigenvalue weighted by Gasteiger charge is -2.01. The van der Waals surface area contributed by atoms with Crippen LogP contribution >= 0.6 is 27.7 Å². The molecule has 7 heterocycles. The molecule has 0 saturated heterocycles.